The normalized spacial score (nSPS) is 10.3. The molecule has 0 N–H and O–H groups in total. The second-order valence-electron chi connectivity index (χ2n) is 6.47. The van der Waals surface area contributed by atoms with Gasteiger partial charge in [-0.2, -0.15) is 11.3 Å². The number of thiophene rings is 1. The molecule has 212 valence electrons. The first-order chi connectivity index (χ1) is 20.5. The van der Waals surface area contributed by atoms with Crippen molar-refractivity contribution in [1.29, 1.82) is 0 Å². The van der Waals surface area contributed by atoms with Crippen LogP contribution in [0.1, 0.15) is 6.42 Å². The minimum absolute atomic E-state index is 0.889. The van der Waals surface area contributed by atoms with Crippen molar-refractivity contribution in [2.75, 3.05) is 6.54 Å². The smallest absolute Gasteiger partial charge is 0.213 e. The zero-order valence-corrected chi connectivity index (χ0v) is 23.8. The number of hydrogen-bond donors (Lipinski definition) is 0. The molecule has 0 bridgehead atoms. The Kier molecular flexibility index (Phi) is 25.8. The molecule has 0 fully saturated rings. The molecule has 0 amide bonds. The summed E-state index contributed by atoms with van der Waals surface area (Å²) in [6.07, 6.45) is 30.9. The molecule has 0 spiro atoms. The van der Waals surface area contributed by atoms with Gasteiger partial charge in [-0.15, -0.1) is 11.3 Å². The van der Waals surface area contributed by atoms with Gasteiger partial charge in [-0.05, 0) is 47.5 Å². The second kappa shape index (κ2) is 31.1. The molecule has 0 saturated heterocycles. The summed E-state index contributed by atoms with van der Waals surface area (Å²) in [6.45, 7) is 0.889. The third-order valence-electron chi connectivity index (χ3n) is 3.50. The van der Waals surface area contributed by atoms with E-state index in [1.807, 2.05) is 52.6 Å². The van der Waals surface area contributed by atoms with E-state index in [0.717, 1.165) is 13.0 Å². The van der Waals surface area contributed by atoms with Gasteiger partial charge in [-0.25, -0.2) is 15.0 Å². The number of allylic oxidation sites excluding steroid dienone is 5. The first-order valence-electron chi connectivity index (χ1n) is 12.0. The predicted octanol–water partition coefficient (Wildman–Crippen LogP) is 7.52. The van der Waals surface area contributed by atoms with Crippen LogP contribution >= 0.6 is 22.7 Å². The SMILES string of the molecule is C1=CCC=C1.C1=CCN=C1.c1ccoc1.c1ccsc1.c1cncnc1.c1cnoc1.c1cscn1.c1ncon1. The summed E-state index contributed by atoms with van der Waals surface area (Å²) in [4.78, 5) is 18.4. The molecule has 1 aliphatic heterocycles. The highest BCUT2D eigenvalue weighted by atomic mass is 32.1. The molecule has 0 aromatic carbocycles. The summed E-state index contributed by atoms with van der Waals surface area (Å²) in [7, 11) is 0. The minimum atomic E-state index is 0.889. The van der Waals surface area contributed by atoms with E-state index < -0.39 is 0 Å². The van der Waals surface area contributed by atoms with Crippen molar-refractivity contribution in [3.63, 3.8) is 0 Å². The average Bonchev–Trinajstić information content (AvgIpc) is 3.92. The maximum atomic E-state index is 4.58. The van der Waals surface area contributed by atoms with Crippen LogP contribution in [0.4, 0.5) is 0 Å². The molecule has 6 aromatic rings. The van der Waals surface area contributed by atoms with Gasteiger partial charge >= 0.3 is 0 Å². The van der Waals surface area contributed by atoms with Crippen molar-refractivity contribution >= 4 is 28.9 Å². The Morgan fingerprint density at radius 1 is 0.561 bits per heavy atom. The molecule has 10 nitrogen and oxygen atoms in total. The summed E-state index contributed by atoms with van der Waals surface area (Å²) >= 11 is 3.31. The van der Waals surface area contributed by atoms with Gasteiger partial charge in [0.05, 0.1) is 30.8 Å². The number of aliphatic imine (C=N–C) groups is 1. The first kappa shape index (κ1) is 34.0. The van der Waals surface area contributed by atoms with Crippen LogP contribution in [0.5, 0.6) is 0 Å². The van der Waals surface area contributed by atoms with Crippen LogP contribution in [0, 0.1) is 0 Å². The lowest BCUT2D eigenvalue weighted by Gasteiger charge is -1.70. The lowest BCUT2D eigenvalue weighted by molar-refractivity contribution is 0.416. The van der Waals surface area contributed by atoms with Gasteiger partial charge in [0.2, 0.25) is 6.39 Å². The molecule has 1 aliphatic carbocycles. The molecular weight excluding hydrogens is 558 g/mol. The molecular formula is C29H31N7O3S2. The Morgan fingerprint density at radius 3 is 1.56 bits per heavy atom. The van der Waals surface area contributed by atoms with E-state index in [4.69, 9.17) is 0 Å². The van der Waals surface area contributed by atoms with Gasteiger partial charge in [-0.3, -0.25) is 9.98 Å². The van der Waals surface area contributed by atoms with Gasteiger partial charge in [0.15, 0.2) is 6.33 Å². The Balaban J connectivity index is 0.000000234. The summed E-state index contributed by atoms with van der Waals surface area (Å²) in [5.41, 5.74) is 1.79. The van der Waals surface area contributed by atoms with E-state index in [-0.39, 0.29) is 0 Å². The van der Waals surface area contributed by atoms with Crippen LogP contribution in [0.3, 0.4) is 0 Å². The fraction of sp³-hybridized carbons (Fsp3) is 0.0690. The van der Waals surface area contributed by atoms with Gasteiger partial charge in [0, 0.05) is 30.2 Å². The lowest BCUT2D eigenvalue weighted by Crippen LogP contribution is -1.66. The highest BCUT2D eigenvalue weighted by Crippen LogP contribution is 1.93. The second-order valence-corrected chi connectivity index (χ2v) is 8.04. The van der Waals surface area contributed by atoms with E-state index in [2.05, 4.69) is 73.0 Å². The van der Waals surface area contributed by atoms with Crippen molar-refractivity contribution in [2.24, 2.45) is 4.99 Å². The maximum absolute atomic E-state index is 4.58. The first-order valence-corrected chi connectivity index (χ1v) is 13.9. The Labute approximate surface area is 247 Å². The molecule has 12 heteroatoms. The molecule has 7 heterocycles. The van der Waals surface area contributed by atoms with E-state index >= 15 is 0 Å². The summed E-state index contributed by atoms with van der Waals surface area (Å²) in [5, 5.41) is 12.6. The van der Waals surface area contributed by atoms with Crippen LogP contribution < -0.4 is 0 Å². The van der Waals surface area contributed by atoms with Crippen LogP contribution in [0.15, 0.2) is 176 Å². The topological polar surface area (TPSA) is 129 Å². The quantitative estimate of drug-likeness (QED) is 0.176. The summed E-state index contributed by atoms with van der Waals surface area (Å²) < 4.78 is 13.1. The number of rotatable bonds is 0. The minimum Gasteiger partial charge on any atom is -0.473 e. The molecule has 2 aliphatic rings. The van der Waals surface area contributed by atoms with Crippen molar-refractivity contribution in [3.05, 3.63) is 157 Å². The monoisotopic (exact) mass is 589 g/mol. The van der Waals surface area contributed by atoms with E-state index in [9.17, 15) is 0 Å². The van der Waals surface area contributed by atoms with Crippen molar-refractivity contribution in [2.45, 2.75) is 6.42 Å². The number of aromatic nitrogens is 6. The van der Waals surface area contributed by atoms with E-state index in [1.54, 1.807) is 83.8 Å². The van der Waals surface area contributed by atoms with Gasteiger partial charge in [-0.1, -0.05) is 52.8 Å². The number of hydrogen-bond acceptors (Lipinski definition) is 12. The van der Waals surface area contributed by atoms with Crippen LogP contribution in [-0.2, 0) is 0 Å². The fourth-order valence-corrected chi connectivity index (χ4v) is 2.70. The largest absolute Gasteiger partial charge is 0.473 e. The molecule has 6 aromatic heterocycles. The third-order valence-corrected chi connectivity index (χ3v) is 4.65. The molecule has 0 saturated carbocycles. The van der Waals surface area contributed by atoms with Crippen LogP contribution in [0.2, 0.25) is 0 Å². The highest BCUT2D eigenvalue weighted by Gasteiger charge is 1.73. The summed E-state index contributed by atoms with van der Waals surface area (Å²) in [6, 6.07) is 11.2. The molecule has 41 heavy (non-hydrogen) atoms. The highest BCUT2D eigenvalue weighted by molar-refractivity contribution is 7.07. The maximum Gasteiger partial charge on any atom is 0.213 e. The average molecular weight is 590 g/mol. The molecule has 8 rings (SSSR count). The van der Waals surface area contributed by atoms with Gasteiger partial charge in [0.1, 0.15) is 12.6 Å². The van der Waals surface area contributed by atoms with Crippen molar-refractivity contribution in [1.82, 2.24) is 30.2 Å². The van der Waals surface area contributed by atoms with E-state index in [0.29, 0.717) is 0 Å². The fourth-order valence-electron chi connectivity index (χ4n) is 1.89. The molecule has 0 unspecified atom stereocenters. The zero-order chi connectivity index (χ0) is 29.0. The Bertz CT molecular complexity index is 967. The number of nitrogens with zero attached hydrogens (tertiary/aromatic N) is 7. The molecule has 0 atom stereocenters. The summed E-state index contributed by atoms with van der Waals surface area (Å²) in [5.74, 6) is 0. The van der Waals surface area contributed by atoms with Gasteiger partial charge in [0.25, 0.3) is 0 Å². The third kappa shape index (κ3) is 29.3. The van der Waals surface area contributed by atoms with Crippen molar-refractivity contribution in [3.8, 4) is 0 Å². The standard InChI is InChI=1S/C5H6.C4H4N2.C4H5N.C4H4O.C4H4S.C3H3NO.C3H3NS.C2H2N2O/c1-2-4-5-3-1;1-2-5-4-6-3-1;4*1-2-4-5-3-1;1-2-5-3-4-1;1-3-2-5-4-1/h1-4H,5H2;1-4H;1-3H,4H2;2*1-4H;2*1-3H;1-2H. The molecule has 0 radical (unpaired) electrons. The van der Waals surface area contributed by atoms with Crippen LogP contribution in [-0.4, -0.2) is 43.0 Å². The van der Waals surface area contributed by atoms with Gasteiger partial charge < -0.3 is 13.5 Å². The predicted molar refractivity (Wildman–Crippen MR) is 163 cm³/mol. The van der Waals surface area contributed by atoms with E-state index in [1.165, 1.54) is 25.3 Å². The van der Waals surface area contributed by atoms with Crippen LogP contribution in [0.25, 0.3) is 0 Å². The number of thiazole rings is 1. The van der Waals surface area contributed by atoms with Crippen molar-refractivity contribution < 1.29 is 13.5 Å². The Hall–Kier alpha value is -5.07. The zero-order valence-electron chi connectivity index (χ0n) is 22.2. The number of furan rings is 1. The Morgan fingerprint density at radius 2 is 1.37 bits per heavy atom. The lowest BCUT2D eigenvalue weighted by atomic mass is 10.5.